The van der Waals surface area contributed by atoms with Gasteiger partial charge in [0.2, 0.25) is 35.3 Å². The lowest BCUT2D eigenvalue weighted by molar-refractivity contribution is 0.0525. The van der Waals surface area contributed by atoms with Crippen LogP contribution in [0.15, 0.2) is 64.1 Å². The van der Waals surface area contributed by atoms with Gasteiger partial charge in [-0.05, 0) is 39.5 Å². The van der Waals surface area contributed by atoms with Crippen molar-refractivity contribution >= 4 is 17.9 Å². The molecular weight excluding hydrogens is 682 g/mol. The predicted molar refractivity (Wildman–Crippen MR) is 174 cm³/mol. The van der Waals surface area contributed by atoms with Crippen molar-refractivity contribution in [2.45, 2.75) is 65.1 Å². The lowest BCUT2D eigenvalue weighted by Gasteiger charge is -2.20. The van der Waals surface area contributed by atoms with Crippen molar-refractivity contribution < 1.29 is 45.6 Å². The van der Waals surface area contributed by atoms with E-state index in [2.05, 4.69) is 45.9 Å². The summed E-state index contributed by atoms with van der Waals surface area (Å²) in [5.41, 5.74) is 0.111. The highest BCUT2D eigenvalue weighted by molar-refractivity contribution is 5.93. The molecule has 0 saturated heterocycles. The number of aromatic nitrogens is 6. The number of ether oxygens (including phenoxy) is 1. The number of hydrogen-bond donors (Lipinski definition) is 3. The molecule has 0 fully saturated rings. The Morgan fingerprint density at radius 1 is 0.692 bits per heavy atom. The highest BCUT2D eigenvalue weighted by Gasteiger charge is 2.29. The van der Waals surface area contributed by atoms with E-state index in [9.17, 15) is 14.4 Å². The Morgan fingerprint density at radius 3 is 1.67 bits per heavy atom. The van der Waals surface area contributed by atoms with Gasteiger partial charge >= 0.3 is 6.09 Å². The molecule has 52 heavy (non-hydrogen) atoms. The fraction of sp³-hybridized carbons (Fsp3) is 0.364. The molecule has 0 saturated carbocycles. The number of hydrogen-bond acceptors (Lipinski definition) is 16. The number of amides is 3. The Labute approximate surface area is 294 Å². The second-order valence-corrected chi connectivity index (χ2v) is 13.1. The van der Waals surface area contributed by atoms with Crippen LogP contribution in [0.4, 0.5) is 4.79 Å². The first-order valence-electron chi connectivity index (χ1n) is 16.2. The Bertz CT molecular complexity index is 2210. The molecule has 2 atom stereocenters. The smallest absolute Gasteiger partial charge is 0.407 e. The van der Waals surface area contributed by atoms with E-state index >= 15 is 0 Å². The average Bonchev–Trinajstić information content (AvgIpc) is 3.93. The third kappa shape index (κ3) is 7.32. The molecule has 6 aromatic heterocycles. The number of fused-ring (bicyclic) bond motifs is 16. The van der Waals surface area contributed by atoms with Crippen LogP contribution in [0.25, 0.3) is 46.3 Å². The van der Waals surface area contributed by atoms with Crippen LogP contribution >= 0.6 is 0 Å². The number of rotatable bonds is 5. The molecule has 270 valence electrons. The lowest BCUT2D eigenvalue weighted by Crippen LogP contribution is -2.34. The number of nitrogens with zero attached hydrogens (tertiary/aromatic N) is 6. The first-order valence-corrected chi connectivity index (χ1v) is 16.2. The van der Waals surface area contributed by atoms with Gasteiger partial charge in [0.05, 0.1) is 0 Å². The molecule has 7 rings (SSSR count). The fourth-order valence-corrected chi connectivity index (χ4v) is 5.07. The predicted octanol–water partition coefficient (Wildman–Crippen LogP) is 5.50. The maximum absolute atomic E-state index is 13.4. The molecule has 1 aliphatic heterocycles. The summed E-state index contributed by atoms with van der Waals surface area (Å²) in [5.74, 6) is -0.772. The van der Waals surface area contributed by atoms with Gasteiger partial charge in [-0.1, -0.05) is 13.8 Å². The van der Waals surface area contributed by atoms with Gasteiger partial charge < -0.3 is 47.2 Å². The molecule has 7 heterocycles. The van der Waals surface area contributed by atoms with E-state index in [0.29, 0.717) is 6.42 Å². The van der Waals surface area contributed by atoms with Gasteiger partial charge in [0.25, 0.3) is 11.8 Å². The molecule has 12 bridgehead atoms. The number of carbonyl (C=O) groups excluding carboxylic acids is 3. The third-order valence-electron chi connectivity index (χ3n) is 7.56. The fourth-order valence-electron chi connectivity index (χ4n) is 5.07. The van der Waals surface area contributed by atoms with E-state index in [1.54, 1.807) is 20.8 Å². The minimum absolute atomic E-state index is 0.00819. The van der Waals surface area contributed by atoms with E-state index < -0.39 is 35.6 Å². The van der Waals surface area contributed by atoms with Crippen LogP contribution in [0.1, 0.15) is 92.3 Å². The van der Waals surface area contributed by atoms with E-state index in [1.165, 1.54) is 37.6 Å². The highest BCUT2D eigenvalue weighted by Crippen LogP contribution is 2.30. The first-order chi connectivity index (χ1) is 24.9. The number of nitrogens with one attached hydrogen (secondary N) is 3. The molecule has 0 unspecified atom stereocenters. The van der Waals surface area contributed by atoms with Crippen LogP contribution in [0.3, 0.4) is 0 Å². The minimum Gasteiger partial charge on any atom is -0.446 e. The van der Waals surface area contributed by atoms with Crippen molar-refractivity contribution in [1.82, 2.24) is 45.9 Å². The molecule has 3 N–H and O–H groups in total. The van der Waals surface area contributed by atoms with Crippen molar-refractivity contribution in [2.24, 2.45) is 5.92 Å². The Balaban J connectivity index is 1.20. The second kappa shape index (κ2) is 13.6. The monoisotopic (exact) mass is 715 g/mol. The molecule has 0 aromatic carbocycles. The summed E-state index contributed by atoms with van der Waals surface area (Å²) in [7, 11) is 0. The molecule has 1 aliphatic rings. The van der Waals surface area contributed by atoms with Crippen LogP contribution in [-0.2, 0) is 4.74 Å². The van der Waals surface area contributed by atoms with Crippen molar-refractivity contribution in [3.8, 4) is 46.3 Å². The summed E-state index contributed by atoms with van der Waals surface area (Å²) < 4.78 is 39.1. The zero-order valence-electron chi connectivity index (χ0n) is 28.6. The van der Waals surface area contributed by atoms with Gasteiger partial charge in [0.15, 0.2) is 34.2 Å². The molecular formula is C33H33N9O10. The molecule has 6 aromatic rings. The zero-order chi connectivity index (χ0) is 36.6. The Hall–Kier alpha value is -6.53. The van der Waals surface area contributed by atoms with E-state index in [-0.39, 0.29) is 88.4 Å². The SMILES string of the molecule is CC(C)[C@@H]1NC(=O)c2coc(n2)-c2coc(n2)-c2coc(n2)[C@H](CCCNC(=O)OC(C)(C)C)NC(=O)c2coc(n2)-c2coc(n2)-c2coc1n2. The molecule has 0 aliphatic carbocycles. The van der Waals surface area contributed by atoms with Gasteiger partial charge in [0, 0.05) is 6.54 Å². The summed E-state index contributed by atoms with van der Waals surface area (Å²) in [6.07, 6.45) is 7.73. The largest absolute Gasteiger partial charge is 0.446 e. The number of oxazole rings is 6. The van der Waals surface area contributed by atoms with Crippen molar-refractivity contribution in [1.29, 1.82) is 0 Å². The van der Waals surface area contributed by atoms with E-state index in [0.717, 1.165) is 0 Å². The summed E-state index contributed by atoms with van der Waals surface area (Å²) in [6, 6.07) is -1.44. The molecule has 3 amide bonds. The van der Waals surface area contributed by atoms with Gasteiger partial charge in [-0.3, -0.25) is 9.59 Å². The maximum Gasteiger partial charge on any atom is 0.407 e. The highest BCUT2D eigenvalue weighted by atomic mass is 16.6. The van der Waals surface area contributed by atoms with Crippen LogP contribution < -0.4 is 16.0 Å². The summed E-state index contributed by atoms with van der Waals surface area (Å²) in [5, 5.41) is 8.43. The lowest BCUT2D eigenvalue weighted by atomic mass is 10.0. The second-order valence-electron chi connectivity index (χ2n) is 13.1. The van der Waals surface area contributed by atoms with Crippen molar-refractivity contribution in [2.75, 3.05) is 6.54 Å². The average molecular weight is 716 g/mol. The normalized spacial score (nSPS) is 16.3. The minimum atomic E-state index is -0.788. The summed E-state index contributed by atoms with van der Waals surface area (Å²) in [6.45, 7) is 9.30. The number of alkyl carbamates (subject to hydrolysis) is 1. The van der Waals surface area contributed by atoms with Gasteiger partial charge in [-0.2, -0.15) is 0 Å². The van der Waals surface area contributed by atoms with E-state index in [1.807, 2.05) is 13.8 Å². The number of carbonyl (C=O) groups is 3. The quantitative estimate of drug-likeness (QED) is 0.186. The van der Waals surface area contributed by atoms with Crippen molar-refractivity contribution in [3.05, 3.63) is 60.7 Å². The van der Waals surface area contributed by atoms with Gasteiger partial charge in [-0.15, -0.1) is 0 Å². The Kier molecular flexibility index (Phi) is 8.91. The molecule has 0 radical (unpaired) electrons. The molecule has 19 heteroatoms. The molecule has 0 spiro atoms. The summed E-state index contributed by atoms with van der Waals surface area (Å²) >= 11 is 0. The standard InChI is InChI=1S/C33H33N9O10/c1-15(2)23-31-41-22(14-51-31)30-40-19(13-50-30)27-36-17(9-46-27)24(43)35-16(7-6-8-34-32(45)52-33(3,4)5)26-38-21(11-48-26)29-39-20(12-49-29)28-37-18(10-47-28)25(44)42-23/h9-16,23H,6-8H2,1-5H3,(H,34,45)(H,35,43)(H,42,44)/t16-,23-/m0/s1. The van der Waals surface area contributed by atoms with Gasteiger partial charge in [0.1, 0.15) is 55.3 Å². The van der Waals surface area contributed by atoms with Crippen LogP contribution in [0, 0.1) is 5.92 Å². The van der Waals surface area contributed by atoms with Crippen LogP contribution in [-0.4, -0.2) is 60.0 Å². The van der Waals surface area contributed by atoms with Crippen LogP contribution in [0.2, 0.25) is 0 Å². The first kappa shape index (κ1) is 33.9. The van der Waals surface area contributed by atoms with E-state index in [4.69, 9.17) is 31.2 Å². The van der Waals surface area contributed by atoms with Crippen molar-refractivity contribution in [3.63, 3.8) is 0 Å². The third-order valence-corrected chi connectivity index (χ3v) is 7.56. The van der Waals surface area contributed by atoms with Crippen LogP contribution in [0.5, 0.6) is 0 Å². The molecule has 19 nitrogen and oxygen atoms in total. The van der Waals surface area contributed by atoms with Gasteiger partial charge in [-0.25, -0.2) is 34.7 Å². The summed E-state index contributed by atoms with van der Waals surface area (Å²) in [4.78, 5) is 65.2. The zero-order valence-corrected chi connectivity index (χ0v) is 28.6. The maximum atomic E-state index is 13.4. The Morgan fingerprint density at radius 2 is 1.13 bits per heavy atom. The topological polar surface area (TPSA) is 253 Å².